The van der Waals surface area contributed by atoms with E-state index in [1.54, 1.807) is 0 Å². The van der Waals surface area contributed by atoms with E-state index in [1.807, 2.05) is 0 Å². The third kappa shape index (κ3) is 4.26. The number of ether oxygens (including phenoxy) is 1. The van der Waals surface area contributed by atoms with Crippen LogP contribution in [0, 0.1) is 11.8 Å². The molecule has 0 radical (unpaired) electrons. The van der Waals surface area contributed by atoms with E-state index in [0.29, 0.717) is 0 Å². The zero-order valence-corrected chi connectivity index (χ0v) is 11.4. The fourth-order valence-corrected chi connectivity index (χ4v) is 3.45. The molecule has 1 unspecified atom stereocenters. The molecule has 100 valence electrons. The van der Waals surface area contributed by atoms with Crippen LogP contribution in [0.1, 0.15) is 58.3 Å². The van der Waals surface area contributed by atoms with Gasteiger partial charge in [-0.2, -0.15) is 0 Å². The van der Waals surface area contributed by atoms with Crippen LogP contribution in [-0.4, -0.2) is 25.8 Å². The zero-order valence-electron chi connectivity index (χ0n) is 11.4. The minimum absolute atomic E-state index is 0.776. The maximum atomic E-state index is 5.42. The standard InChI is InChI=1S/C15H29NO/c1-2-15(14-6-4-3-5-7-14)16-12-13-8-10-17-11-9-13/h13-16H,2-12H2,1H3. The molecule has 1 aliphatic carbocycles. The molecule has 2 aliphatic rings. The highest BCUT2D eigenvalue weighted by Gasteiger charge is 2.23. The lowest BCUT2D eigenvalue weighted by Gasteiger charge is -2.32. The minimum atomic E-state index is 0.776. The van der Waals surface area contributed by atoms with Crippen molar-refractivity contribution < 1.29 is 4.74 Å². The Kier molecular flexibility index (Phi) is 5.79. The molecule has 1 saturated carbocycles. The largest absolute Gasteiger partial charge is 0.381 e. The van der Waals surface area contributed by atoms with Crippen LogP contribution in [0.3, 0.4) is 0 Å². The highest BCUT2D eigenvalue weighted by Crippen LogP contribution is 2.28. The van der Waals surface area contributed by atoms with Gasteiger partial charge in [0.2, 0.25) is 0 Å². The molecule has 1 N–H and O–H groups in total. The lowest BCUT2D eigenvalue weighted by Crippen LogP contribution is -2.40. The van der Waals surface area contributed by atoms with Crippen LogP contribution in [0.2, 0.25) is 0 Å². The lowest BCUT2D eigenvalue weighted by atomic mass is 9.82. The quantitative estimate of drug-likeness (QED) is 0.794. The van der Waals surface area contributed by atoms with Gasteiger partial charge < -0.3 is 10.1 Å². The summed E-state index contributed by atoms with van der Waals surface area (Å²) >= 11 is 0. The van der Waals surface area contributed by atoms with E-state index >= 15 is 0 Å². The van der Waals surface area contributed by atoms with Crippen LogP contribution in [0.5, 0.6) is 0 Å². The average Bonchev–Trinajstić information content (AvgIpc) is 2.42. The maximum absolute atomic E-state index is 5.42. The summed E-state index contributed by atoms with van der Waals surface area (Å²) in [5.74, 6) is 1.81. The van der Waals surface area contributed by atoms with Gasteiger partial charge in [-0.1, -0.05) is 26.2 Å². The molecule has 0 bridgehead atoms. The molecule has 0 spiro atoms. The van der Waals surface area contributed by atoms with Gasteiger partial charge in [0.1, 0.15) is 0 Å². The molecule has 2 rings (SSSR count). The van der Waals surface area contributed by atoms with Crippen molar-refractivity contribution in [3.63, 3.8) is 0 Å². The summed E-state index contributed by atoms with van der Waals surface area (Å²) < 4.78 is 5.42. The van der Waals surface area contributed by atoms with E-state index in [2.05, 4.69) is 12.2 Å². The molecular weight excluding hydrogens is 210 g/mol. The molecule has 17 heavy (non-hydrogen) atoms. The van der Waals surface area contributed by atoms with Gasteiger partial charge >= 0.3 is 0 Å². The normalized spacial score (nSPS) is 25.9. The summed E-state index contributed by atoms with van der Waals surface area (Å²) in [6.07, 6.45) is 11.1. The van der Waals surface area contributed by atoms with Gasteiger partial charge in [-0.3, -0.25) is 0 Å². The van der Waals surface area contributed by atoms with Crippen molar-refractivity contribution in [2.45, 2.75) is 64.3 Å². The second-order valence-electron chi connectivity index (χ2n) is 5.88. The first kappa shape index (κ1) is 13.4. The summed E-state index contributed by atoms with van der Waals surface area (Å²) in [5, 5.41) is 3.85. The Balaban J connectivity index is 1.70. The van der Waals surface area contributed by atoms with Gasteiger partial charge in [-0.15, -0.1) is 0 Å². The van der Waals surface area contributed by atoms with Gasteiger partial charge in [0.25, 0.3) is 0 Å². The number of nitrogens with one attached hydrogen (secondary N) is 1. The predicted octanol–water partition coefficient (Wildman–Crippen LogP) is 3.36. The third-order valence-corrected chi connectivity index (χ3v) is 4.67. The molecule has 0 aromatic heterocycles. The summed E-state index contributed by atoms with van der Waals surface area (Å²) in [7, 11) is 0. The van der Waals surface area contributed by atoms with Crippen LogP contribution < -0.4 is 5.32 Å². The van der Waals surface area contributed by atoms with Gasteiger partial charge in [-0.25, -0.2) is 0 Å². The second-order valence-corrected chi connectivity index (χ2v) is 5.88. The van der Waals surface area contributed by atoms with Crippen molar-refractivity contribution >= 4 is 0 Å². The van der Waals surface area contributed by atoms with E-state index in [-0.39, 0.29) is 0 Å². The molecule has 0 aromatic carbocycles. The van der Waals surface area contributed by atoms with E-state index in [4.69, 9.17) is 4.74 Å². The average molecular weight is 239 g/mol. The number of hydrogen-bond donors (Lipinski definition) is 1. The Morgan fingerprint density at radius 1 is 1.06 bits per heavy atom. The predicted molar refractivity (Wildman–Crippen MR) is 72.2 cm³/mol. The fraction of sp³-hybridized carbons (Fsp3) is 1.00. The van der Waals surface area contributed by atoms with Gasteiger partial charge in [0, 0.05) is 19.3 Å². The topological polar surface area (TPSA) is 21.3 Å². The zero-order chi connectivity index (χ0) is 11.9. The van der Waals surface area contributed by atoms with Crippen LogP contribution in [-0.2, 0) is 4.74 Å². The van der Waals surface area contributed by atoms with E-state index in [1.165, 1.54) is 57.9 Å². The molecule has 0 amide bonds. The van der Waals surface area contributed by atoms with E-state index in [9.17, 15) is 0 Å². The first-order valence-electron chi connectivity index (χ1n) is 7.71. The Morgan fingerprint density at radius 2 is 1.76 bits per heavy atom. The van der Waals surface area contributed by atoms with Crippen LogP contribution in [0.4, 0.5) is 0 Å². The summed E-state index contributed by atoms with van der Waals surface area (Å²) in [6.45, 7) is 5.52. The van der Waals surface area contributed by atoms with Crippen LogP contribution in [0.25, 0.3) is 0 Å². The maximum Gasteiger partial charge on any atom is 0.0469 e. The van der Waals surface area contributed by atoms with Crippen molar-refractivity contribution in [2.24, 2.45) is 11.8 Å². The second kappa shape index (κ2) is 7.38. The Bertz CT molecular complexity index is 195. The van der Waals surface area contributed by atoms with Crippen molar-refractivity contribution in [1.29, 1.82) is 0 Å². The monoisotopic (exact) mass is 239 g/mol. The number of rotatable bonds is 5. The van der Waals surface area contributed by atoms with Crippen molar-refractivity contribution in [1.82, 2.24) is 5.32 Å². The van der Waals surface area contributed by atoms with Crippen molar-refractivity contribution in [3.05, 3.63) is 0 Å². The summed E-state index contributed by atoms with van der Waals surface area (Å²) in [6, 6.07) is 0.776. The molecule has 1 heterocycles. The summed E-state index contributed by atoms with van der Waals surface area (Å²) in [4.78, 5) is 0. The molecule has 2 nitrogen and oxygen atoms in total. The SMILES string of the molecule is CCC(NCC1CCOCC1)C1CCCCC1. The van der Waals surface area contributed by atoms with Gasteiger partial charge in [-0.05, 0) is 50.5 Å². The minimum Gasteiger partial charge on any atom is -0.381 e. The van der Waals surface area contributed by atoms with Crippen molar-refractivity contribution in [2.75, 3.05) is 19.8 Å². The molecule has 1 atom stereocenters. The fourth-order valence-electron chi connectivity index (χ4n) is 3.45. The molecule has 2 fully saturated rings. The Labute approximate surface area is 107 Å². The molecule has 1 saturated heterocycles. The van der Waals surface area contributed by atoms with E-state index < -0.39 is 0 Å². The van der Waals surface area contributed by atoms with E-state index in [0.717, 1.165) is 31.1 Å². The molecule has 1 aliphatic heterocycles. The van der Waals surface area contributed by atoms with Crippen LogP contribution >= 0.6 is 0 Å². The third-order valence-electron chi connectivity index (χ3n) is 4.67. The van der Waals surface area contributed by atoms with Crippen molar-refractivity contribution in [3.8, 4) is 0 Å². The first-order valence-corrected chi connectivity index (χ1v) is 7.71. The molecular formula is C15H29NO. The van der Waals surface area contributed by atoms with Gasteiger partial charge in [0.05, 0.1) is 0 Å². The Morgan fingerprint density at radius 3 is 2.41 bits per heavy atom. The Hall–Kier alpha value is -0.0800. The first-order chi connectivity index (χ1) is 8.40. The highest BCUT2D eigenvalue weighted by atomic mass is 16.5. The molecule has 0 aromatic rings. The smallest absolute Gasteiger partial charge is 0.0469 e. The lowest BCUT2D eigenvalue weighted by molar-refractivity contribution is 0.0642. The summed E-state index contributed by atoms with van der Waals surface area (Å²) in [5.41, 5.74) is 0. The van der Waals surface area contributed by atoms with Gasteiger partial charge in [0.15, 0.2) is 0 Å². The van der Waals surface area contributed by atoms with Crippen LogP contribution in [0.15, 0.2) is 0 Å². The number of hydrogen-bond acceptors (Lipinski definition) is 2. The molecule has 2 heteroatoms. The highest BCUT2D eigenvalue weighted by molar-refractivity contribution is 4.79.